The van der Waals surface area contributed by atoms with Crippen LogP contribution in [0.1, 0.15) is 16.2 Å². The molecule has 3 heterocycles. The molecule has 0 unspecified atom stereocenters. The van der Waals surface area contributed by atoms with E-state index < -0.39 is 5.97 Å². The maximum absolute atomic E-state index is 11.1. The van der Waals surface area contributed by atoms with Gasteiger partial charge in [-0.15, -0.1) is 0 Å². The second kappa shape index (κ2) is 3.66. The highest BCUT2D eigenvalue weighted by Gasteiger charge is 2.15. The fraction of sp³-hybridized carbons (Fsp3) is 0.0909. The monoisotopic (exact) mass is 243 g/mol. The molecule has 0 bridgehead atoms. The summed E-state index contributed by atoms with van der Waals surface area (Å²) in [5.41, 5.74) is 1.12. The molecule has 3 aromatic heterocycles. The molecule has 0 amide bonds. The smallest absolute Gasteiger partial charge is 0.358 e. The Kier molecular flexibility index (Phi) is 2.12. The average Bonchev–Trinajstić information content (AvgIpc) is 2.97. The molecule has 7 heteroatoms. The van der Waals surface area contributed by atoms with Gasteiger partial charge >= 0.3 is 5.97 Å². The van der Waals surface area contributed by atoms with Gasteiger partial charge in [0.2, 0.25) is 0 Å². The first-order valence-electron chi connectivity index (χ1n) is 5.23. The number of nitrogens with zero attached hydrogens (tertiary/aromatic N) is 5. The van der Waals surface area contributed by atoms with Gasteiger partial charge in [-0.1, -0.05) is 0 Å². The van der Waals surface area contributed by atoms with E-state index in [-0.39, 0.29) is 5.69 Å². The zero-order valence-corrected chi connectivity index (χ0v) is 9.48. The summed E-state index contributed by atoms with van der Waals surface area (Å²) in [7, 11) is 0. The van der Waals surface area contributed by atoms with Gasteiger partial charge in [-0.2, -0.15) is 0 Å². The molecule has 0 aliphatic heterocycles. The summed E-state index contributed by atoms with van der Waals surface area (Å²) in [6.45, 7) is 1.86. The molecule has 0 aromatic carbocycles. The number of imidazole rings is 2. The van der Waals surface area contributed by atoms with E-state index in [1.165, 1.54) is 6.33 Å². The van der Waals surface area contributed by atoms with Crippen LogP contribution in [-0.2, 0) is 0 Å². The highest BCUT2D eigenvalue weighted by atomic mass is 16.4. The number of rotatable bonds is 2. The fourth-order valence-electron chi connectivity index (χ4n) is 1.78. The van der Waals surface area contributed by atoms with Crippen LogP contribution in [0.3, 0.4) is 0 Å². The first-order valence-corrected chi connectivity index (χ1v) is 5.23. The standard InChI is InChI=1S/C11H9N5O2/c1-7-4-8(15-3-2-12-5-15)14-10-9(11(17)18)13-6-16(7)10/h2-6H,1H3,(H,17,18). The van der Waals surface area contributed by atoms with Gasteiger partial charge in [-0.05, 0) is 6.92 Å². The van der Waals surface area contributed by atoms with Gasteiger partial charge in [0, 0.05) is 24.2 Å². The molecular weight excluding hydrogens is 234 g/mol. The zero-order valence-electron chi connectivity index (χ0n) is 9.48. The van der Waals surface area contributed by atoms with E-state index in [2.05, 4.69) is 15.0 Å². The topological polar surface area (TPSA) is 85.3 Å². The minimum atomic E-state index is -1.09. The van der Waals surface area contributed by atoms with Crippen LogP contribution in [0.2, 0.25) is 0 Å². The largest absolute Gasteiger partial charge is 0.476 e. The van der Waals surface area contributed by atoms with Gasteiger partial charge in [0.05, 0.1) is 0 Å². The number of carboxylic acid groups (broad SMARTS) is 1. The van der Waals surface area contributed by atoms with Crippen LogP contribution in [0, 0.1) is 6.92 Å². The quantitative estimate of drug-likeness (QED) is 0.723. The number of carboxylic acids is 1. The number of fused-ring (bicyclic) bond motifs is 1. The summed E-state index contributed by atoms with van der Waals surface area (Å²) in [4.78, 5) is 23.1. The Morgan fingerprint density at radius 2 is 2.22 bits per heavy atom. The highest BCUT2D eigenvalue weighted by molar-refractivity contribution is 5.92. The van der Waals surface area contributed by atoms with E-state index in [1.54, 1.807) is 27.7 Å². The summed E-state index contributed by atoms with van der Waals surface area (Å²) >= 11 is 0. The Morgan fingerprint density at radius 1 is 1.39 bits per heavy atom. The third kappa shape index (κ3) is 1.45. The minimum absolute atomic E-state index is 0.0555. The van der Waals surface area contributed by atoms with Crippen molar-refractivity contribution in [3.8, 4) is 5.82 Å². The molecule has 0 spiro atoms. The lowest BCUT2D eigenvalue weighted by Crippen LogP contribution is -2.04. The van der Waals surface area contributed by atoms with Gasteiger partial charge in [0.1, 0.15) is 18.5 Å². The van der Waals surface area contributed by atoms with Crippen molar-refractivity contribution >= 4 is 11.6 Å². The van der Waals surface area contributed by atoms with Gasteiger partial charge in [0.15, 0.2) is 11.3 Å². The van der Waals surface area contributed by atoms with Gasteiger partial charge < -0.3 is 5.11 Å². The number of aromatic nitrogens is 5. The highest BCUT2D eigenvalue weighted by Crippen LogP contribution is 2.14. The summed E-state index contributed by atoms with van der Waals surface area (Å²) < 4.78 is 3.36. The molecule has 18 heavy (non-hydrogen) atoms. The third-order valence-electron chi connectivity index (χ3n) is 2.65. The predicted molar refractivity (Wildman–Crippen MR) is 61.8 cm³/mol. The zero-order chi connectivity index (χ0) is 12.7. The molecule has 0 fully saturated rings. The summed E-state index contributed by atoms with van der Waals surface area (Å²) in [6, 6.07) is 1.84. The Labute approximate surface area is 101 Å². The van der Waals surface area contributed by atoms with Crippen molar-refractivity contribution in [3.63, 3.8) is 0 Å². The van der Waals surface area contributed by atoms with Crippen LogP contribution in [0.4, 0.5) is 0 Å². The SMILES string of the molecule is Cc1cc(-n2ccnc2)nc2c(C(=O)O)ncn12. The molecule has 0 saturated heterocycles. The lowest BCUT2D eigenvalue weighted by molar-refractivity contribution is 0.0693. The third-order valence-corrected chi connectivity index (χ3v) is 2.65. The number of aromatic carboxylic acids is 1. The molecule has 3 rings (SSSR count). The molecule has 0 aliphatic carbocycles. The van der Waals surface area contributed by atoms with E-state index in [1.807, 2.05) is 13.0 Å². The first kappa shape index (κ1) is 10.5. The van der Waals surface area contributed by atoms with Gasteiger partial charge in [-0.25, -0.2) is 19.7 Å². The second-order valence-corrected chi connectivity index (χ2v) is 3.82. The van der Waals surface area contributed by atoms with Crippen molar-refractivity contribution in [3.05, 3.63) is 42.5 Å². The summed E-state index contributed by atoms with van der Waals surface area (Å²) in [6.07, 6.45) is 6.44. The molecule has 0 aliphatic rings. The molecule has 0 atom stereocenters. The maximum Gasteiger partial charge on any atom is 0.358 e. The van der Waals surface area contributed by atoms with E-state index >= 15 is 0 Å². The number of aryl methyl sites for hydroxylation is 1. The number of hydrogen-bond donors (Lipinski definition) is 1. The van der Waals surface area contributed by atoms with E-state index in [0.717, 1.165) is 5.69 Å². The predicted octanol–water partition coefficient (Wildman–Crippen LogP) is 0.922. The molecular formula is C11H9N5O2. The molecule has 90 valence electrons. The first-order chi connectivity index (χ1) is 8.66. The van der Waals surface area contributed by atoms with Crippen LogP contribution >= 0.6 is 0 Å². The normalized spacial score (nSPS) is 10.9. The van der Waals surface area contributed by atoms with Crippen LogP contribution in [0.25, 0.3) is 11.5 Å². The van der Waals surface area contributed by atoms with Crippen molar-refractivity contribution in [2.75, 3.05) is 0 Å². The van der Waals surface area contributed by atoms with E-state index in [9.17, 15) is 4.79 Å². The Bertz CT molecular complexity index is 729. The molecule has 7 nitrogen and oxygen atoms in total. The summed E-state index contributed by atoms with van der Waals surface area (Å²) in [5.74, 6) is -0.479. The van der Waals surface area contributed by atoms with Gasteiger partial charge in [0.25, 0.3) is 0 Å². The van der Waals surface area contributed by atoms with Crippen molar-refractivity contribution in [1.82, 2.24) is 23.9 Å². The van der Waals surface area contributed by atoms with Crippen LogP contribution in [0.5, 0.6) is 0 Å². The van der Waals surface area contributed by atoms with Gasteiger partial charge in [-0.3, -0.25) is 8.97 Å². The minimum Gasteiger partial charge on any atom is -0.476 e. The van der Waals surface area contributed by atoms with Crippen molar-refractivity contribution < 1.29 is 9.90 Å². The maximum atomic E-state index is 11.1. The Balaban J connectivity index is 2.31. The Hall–Kier alpha value is -2.70. The van der Waals surface area contributed by atoms with Crippen molar-refractivity contribution in [2.24, 2.45) is 0 Å². The molecule has 3 aromatic rings. The van der Waals surface area contributed by atoms with Crippen LogP contribution in [-0.4, -0.2) is 35.0 Å². The lowest BCUT2D eigenvalue weighted by Gasteiger charge is -2.05. The van der Waals surface area contributed by atoms with Crippen LogP contribution < -0.4 is 0 Å². The van der Waals surface area contributed by atoms with Crippen LogP contribution in [0.15, 0.2) is 31.1 Å². The fourth-order valence-corrected chi connectivity index (χ4v) is 1.78. The molecule has 0 saturated carbocycles. The van der Waals surface area contributed by atoms with E-state index in [4.69, 9.17) is 5.11 Å². The second-order valence-electron chi connectivity index (χ2n) is 3.82. The van der Waals surface area contributed by atoms with E-state index in [0.29, 0.717) is 11.5 Å². The van der Waals surface area contributed by atoms with Crippen molar-refractivity contribution in [1.29, 1.82) is 0 Å². The number of carbonyl (C=O) groups is 1. The molecule has 1 N–H and O–H groups in total. The average molecular weight is 243 g/mol. The number of hydrogen-bond acceptors (Lipinski definition) is 4. The lowest BCUT2D eigenvalue weighted by atomic mass is 10.4. The summed E-state index contributed by atoms with van der Waals surface area (Å²) in [5, 5.41) is 9.05. The molecule has 0 radical (unpaired) electrons. The van der Waals surface area contributed by atoms with Crippen molar-refractivity contribution in [2.45, 2.75) is 6.92 Å². The Morgan fingerprint density at radius 3 is 2.89 bits per heavy atom.